The molecule has 2 unspecified atom stereocenters. The molecule has 0 bridgehead atoms. The Morgan fingerprint density at radius 3 is 2.40 bits per heavy atom. The van der Waals surface area contributed by atoms with Crippen LogP contribution in [-0.2, 0) is 0 Å². The molecule has 5 rings (SSSR count). The van der Waals surface area contributed by atoms with Crippen molar-refractivity contribution in [3.05, 3.63) is 46.1 Å². The van der Waals surface area contributed by atoms with E-state index in [4.69, 9.17) is 4.99 Å². The first-order valence-electron chi connectivity index (χ1n) is 11.2. The van der Waals surface area contributed by atoms with E-state index in [0.717, 1.165) is 11.0 Å². The van der Waals surface area contributed by atoms with Crippen LogP contribution >= 0.6 is 11.8 Å². The molecule has 0 amide bonds. The minimum absolute atomic E-state index is 0.179. The third-order valence-electron chi connectivity index (χ3n) is 7.89. The van der Waals surface area contributed by atoms with E-state index in [1.165, 1.54) is 44.8 Å². The second kappa shape index (κ2) is 6.35. The Hall–Kier alpha value is -1.81. The first-order valence-corrected chi connectivity index (χ1v) is 12.0. The molecule has 0 radical (unpaired) electrons. The first-order chi connectivity index (χ1) is 14.0. The maximum Gasteiger partial charge on any atom is 0.204 e. The van der Waals surface area contributed by atoms with Crippen LogP contribution in [0.2, 0.25) is 0 Å². The van der Waals surface area contributed by atoms with Crippen molar-refractivity contribution in [1.29, 1.82) is 0 Å². The summed E-state index contributed by atoms with van der Waals surface area (Å²) in [5.41, 5.74) is 5.75. The minimum atomic E-state index is 0.179. The first kappa shape index (κ1) is 20.1. The maximum absolute atomic E-state index is 5.16. The second-order valence-electron chi connectivity index (χ2n) is 10.9. The smallest absolute Gasteiger partial charge is 0.204 e. The van der Waals surface area contributed by atoms with Crippen LogP contribution in [0, 0.1) is 0 Å². The van der Waals surface area contributed by atoms with Gasteiger partial charge in [-0.1, -0.05) is 25.6 Å². The fourth-order valence-electron chi connectivity index (χ4n) is 5.75. The molecule has 0 aromatic heterocycles. The van der Waals surface area contributed by atoms with Gasteiger partial charge in [0, 0.05) is 46.1 Å². The van der Waals surface area contributed by atoms with Gasteiger partial charge in [-0.15, -0.1) is 0 Å². The predicted molar refractivity (Wildman–Crippen MR) is 127 cm³/mol. The number of hydrogen-bond acceptors (Lipinski definition) is 3. The molecule has 3 heterocycles. The molecule has 0 saturated carbocycles. The molecule has 0 saturated heterocycles. The Morgan fingerprint density at radius 2 is 1.67 bits per heavy atom. The van der Waals surface area contributed by atoms with Gasteiger partial charge in [0.15, 0.2) is 5.54 Å². The SMILES string of the molecule is CC1CC(C)(C)N(C)c2cc3c(cc21)N=c1cc2c(cc1S3)=[N+](C)C(C)(C)CC2C. The summed E-state index contributed by atoms with van der Waals surface area (Å²) in [4.78, 5) is 10.2. The Balaban J connectivity index is 1.71. The van der Waals surface area contributed by atoms with Gasteiger partial charge in [0.1, 0.15) is 7.05 Å². The van der Waals surface area contributed by atoms with Gasteiger partial charge in [-0.25, -0.2) is 9.57 Å². The standard InChI is InChI=1S/C26H34N3S/c1-15-13-25(3,4)28(7)21-11-23-19(9-17(15)21)27-20-10-18-16(2)14-26(5,6)29(8)22(18)12-24(20)30-23/h9-12,15-16H,13-14H2,1-8H3/q+1. The highest BCUT2D eigenvalue weighted by atomic mass is 32.2. The number of hydrogen-bond donors (Lipinski definition) is 0. The normalized spacial score (nSPS) is 25.6. The fraction of sp³-hybridized carbons (Fsp3) is 0.538. The van der Waals surface area contributed by atoms with Crippen molar-refractivity contribution >= 4 is 23.1 Å². The highest BCUT2D eigenvalue weighted by molar-refractivity contribution is 7.99. The zero-order valence-corrected chi connectivity index (χ0v) is 20.4. The van der Waals surface area contributed by atoms with Crippen molar-refractivity contribution < 1.29 is 0 Å². The molecular formula is C26H34N3S+. The average Bonchev–Trinajstić information content (AvgIpc) is 2.66. The summed E-state index contributed by atoms with van der Waals surface area (Å²) in [6, 6.07) is 9.48. The van der Waals surface area contributed by atoms with Crippen LogP contribution in [0.25, 0.3) is 0 Å². The van der Waals surface area contributed by atoms with Gasteiger partial charge in [0.2, 0.25) is 5.36 Å². The molecule has 2 aromatic rings. The third kappa shape index (κ3) is 2.86. The molecule has 30 heavy (non-hydrogen) atoms. The van der Waals surface area contributed by atoms with E-state index in [1.54, 1.807) is 0 Å². The lowest BCUT2D eigenvalue weighted by atomic mass is 9.80. The van der Waals surface area contributed by atoms with Crippen molar-refractivity contribution in [3.63, 3.8) is 0 Å². The molecular weight excluding hydrogens is 386 g/mol. The van der Waals surface area contributed by atoms with Crippen LogP contribution in [0.3, 0.4) is 0 Å². The molecule has 2 aromatic carbocycles. The summed E-state index contributed by atoms with van der Waals surface area (Å²) in [5, 5.41) is 2.51. The number of benzene rings is 2. The van der Waals surface area contributed by atoms with E-state index in [-0.39, 0.29) is 11.1 Å². The molecule has 3 aliphatic rings. The summed E-state index contributed by atoms with van der Waals surface area (Å²) in [6.07, 6.45) is 2.35. The molecule has 3 aliphatic heterocycles. The Morgan fingerprint density at radius 1 is 0.967 bits per heavy atom. The summed E-state index contributed by atoms with van der Waals surface area (Å²) < 4.78 is 2.46. The quantitative estimate of drug-likeness (QED) is 0.464. The zero-order chi connectivity index (χ0) is 21.6. The van der Waals surface area contributed by atoms with Crippen LogP contribution in [0.1, 0.15) is 77.3 Å². The number of rotatable bonds is 0. The Kier molecular flexibility index (Phi) is 4.26. The number of anilines is 1. The van der Waals surface area contributed by atoms with Gasteiger partial charge < -0.3 is 4.90 Å². The van der Waals surface area contributed by atoms with Gasteiger partial charge in [0.05, 0.1) is 11.0 Å². The largest absolute Gasteiger partial charge is 0.369 e. The van der Waals surface area contributed by atoms with E-state index >= 15 is 0 Å². The number of nitrogens with zero attached hydrogens (tertiary/aromatic N) is 3. The molecule has 4 heteroatoms. The molecule has 0 aliphatic carbocycles. The van der Waals surface area contributed by atoms with Gasteiger partial charge >= 0.3 is 0 Å². The molecule has 158 valence electrons. The van der Waals surface area contributed by atoms with Gasteiger partial charge in [-0.3, -0.25) is 0 Å². The Bertz CT molecular complexity index is 1190. The van der Waals surface area contributed by atoms with E-state index in [2.05, 4.69) is 89.4 Å². The Labute approximate surface area is 184 Å². The molecule has 0 spiro atoms. The van der Waals surface area contributed by atoms with Crippen molar-refractivity contribution in [3.8, 4) is 0 Å². The van der Waals surface area contributed by atoms with Gasteiger partial charge in [-0.05, 0) is 69.7 Å². The highest BCUT2D eigenvalue weighted by Crippen LogP contribution is 2.48. The van der Waals surface area contributed by atoms with E-state index in [9.17, 15) is 0 Å². The molecule has 2 atom stereocenters. The van der Waals surface area contributed by atoms with Crippen LogP contribution in [-0.4, -0.2) is 25.2 Å². The van der Waals surface area contributed by atoms with Gasteiger partial charge in [-0.2, -0.15) is 0 Å². The lowest BCUT2D eigenvalue weighted by Gasteiger charge is -2.45. The van der Waals surface area contributed by atoms with Crippen molar-refractivity contribution in [2.75, 3.05) is 19.0 Å². The summed E-state index contributed by atoms with van der Waals surface area (Å²) in [7, 11) is 4.48. The molecule has 0 N–H and O–H groups in total. The highest BCUT2D eigenvalue weighted by Gasteiger charge is 2.38. The number of fused-ring (bicyclic) bond motifs is 4. The summed E-state index contributed by atoms with van der Waals surface area (Å²) >= 11 is 1.89. The van der Waals surface area contributed by atoms with Crippen molar-refractivity contribution in [2.24, 2.45) is 4.99 Å². The summed E-state index contributed by atoms with van der Waals surface area (Å²) in [5.74, 6) is 1.11. The third-order valence-corrected chi connectivity index (χ3v) is 8.98. The van der Waals surface area contributed by atoms with E-state index < -0.39 is 0 Å². The fourth-order valence-corrected chi connectivity index (χ4v) is 6.75. The van der Waals surface area contributed by atoms with Crippen molar-refractivity contribution in [1.82, 2.24) is 4.58 Å². The van der Waals surface area contributed by atoms with Crippen LogP contribution in [0.15, 0.2) is 39.0 Å². The predicted octanol–water partition coefficient (Wildman–Crippen LogP) is 5.23. The van der Waals surface area contributed by atoms with E-state index in [0.29, 0.717) is 11.8 Å². The lowest BCUT2D eigenvalue weighted by molar-refractivity contribution is 0.293. The van der Waals surface area contributed by atoms with Crippen molar-refractivity contribution in [2.45, 2.75) is 87.1 Å². The molecule has 0 fully saturated rings. The van der Waals surface area contributed by atoms with Gasteiger partial charge in [0.25, 0.3) is 0 Å². The second-order valence-corrected chi connectivity index (χ2v) is 12.0. The lowest BCUT2D eigenvalue weighted by Crippen LogP contribution is -2.50. The summed E-state index contributed by atoms with van der Waals surface area (Å²) in [6.45, 7) is 14.1. The molecule has 3 nitrogen and oxygen atoms in total. The van der Waals surface area contributed by atoms with Crippen LogP contribution < -0.4 is 20.2 Å². The minimum Gasteiger partial charge on any atom is -0.369 e. The van der Waals surface area contributed by atoms with E-state index in [1.807, 2.05) is 11.8 Å². The average molecular weight is 421 g/mol. The van der Waals surface area contributed by atoms with Crippen LogP contribution in [0.5, 0.6) is 0 Å². The zero-order valence-electron chi connectivity index (χ0n) is 19.6. The van der Waals surface area contributed by atoms with Crippen LogP contribution in [0.4, 0.5) is 11.4 Å². The monoisotopic (exact) mass is 420 g/mol. The maximum atomic E-state index is 5.16. The topological polar surface area (TPSA) is 18.6 Å².